The van der Waals surface area contributed by atoms with Gasteiger partial charge in [-0.3, -0.25) is 9.98 Å². The van der Waals surface area contributed by atoms with E-state index >= 15 is 0 Å². The highest BCUT2D eigenvalue weighted by Gasteiger charge is 2.03. The largest absolute Gasteiger partial charge is 0.382 e. The molecule has 0 unspecified atom stereocenters. The fraction of sp³-hybridized carbons (Fsp3) is 0.571. The summed E-state index contributed by atoms with van der Waals surface area (Å²) in [6.45, 7) is 2.87. The monoisotopic (exact) mass is 298 g/mol. The van der Waals surface area contributed by atoms with E-state index in [1.54, 1.807) is 26.4 Å². The van der Waals surface area contributed by atoms with Crippen LogP contribution in [0.3, 0.4) is 0 Å². The minimum Gasteiger partial charge on any atom is -0.382 e. The highest BCUT2D eigenvalue weighted by molar-refractivity contribution is 5.79. The van der Waals surface area contributed by atoms with E-state index in [0.717, 1.165) is 13.0 Å². The summed E-state index contributed by atoms with van der Waals surface area (Å²) in [5.41, 5.74) is 0.364. The van der Waals surface area contributed by atoms with Crippen molar-refractivity contribution in [2.75, 3.05) is 40.5 Å². The number of halogens is 1. The molecule has 0 saturated carbocycles. The lowest BCUT2D eigenvalue weighted by Crippen LogP contribution is -2.38. The van der Waals surface area contributed by atoms with Crippen LogP contribution in [0, 0.1) is 5.82 Å². The summed E-state index contributed by atoms with van der Waals surface area (Å²) >= 11 is 0. The van der Waals surface area contributed by atoms with Gasteiger partial charge in [-0.15, -0.1) is 0 Å². The van der Waals surface area contributed by atoms with Gasteiger partial charge in [0.05, 0.1) is 25.5 Å². The fourth-order valence-electron chi connectivity index (χ4n) is 1.56. The molecule has 0 aromatic carbocycles. The lowest BCUT2D eigenvalue weighted by Gasteiger charge is -2.12. The molecule has 7 heteroatoms. The van der Waals surface area contributed by atoms with Gasteiger partial charge in [-0.1, -0.05) is 0 Å². The minimum atomic E-state index is -0.327. The van der Waals surface area contributed by atoms with Gasteiger partial charge in [0.1, 0.15) is 5.82 Å². The molecule has 0 atom stereocenters. The standard InChI is InChI=1S/C14H23FN4O2/c1-16-14(18-7-4-8-21-10-9-20-2)19-11-13-12(15)5-3-6-17-13/h3,5-6H,4,7-11H2,1-2H3,(H2,16,18,19). The number of hydrogen-bond donors (Lipinski definition) is 2. The molecule has 1 aromatic heterocycles. The molecule has 1 heterocycles. The van der Waals surface area contributed by atoms with E-state index in [0.29, 0.717) is 31.5 Å². The van der Waals surface area contributed by atoms with Crippen molar-refractivity contribution in [1.82, 2.24) is 15.6 Å². The third-order valence-electron chi connectivity index (χ3n) is 2.67. The smallest absolute Gasteiger partial charge is 0.191 e. The summed E-state index contributed by atoms with van der Waals surface area (Å²) in [6.07, 6.45) is 2.41. The number of methoxy groups -OCH3 is 1. The van der Waals surface area contributed by atoms with Crippen molar-refractivity contribution in [2.24, 2.45) is 4.99 Å². The molecular weight excluding hydrogens is 275 g/mol. The van der Waals surface area contributed by atoms with Crippen LogP contribution in [0.1, 0.15) is 12.1 Å². The Morgan fingerprint density at radius 3 is 2.90 bits per heavy atom. The molecule has 0 bridgehead atoms. The molecule has 0 saturated heterocycles. The maximum Gasteiger partial charge on any atom is 0.191 e. The minimum absolute atomic E-state index is 0.288. The fourth-order valence-corrected chi connectivity index (χ4v) is 1.56. The molecule has 1 rings (SSSR count). The average Bonchev–Trinajstić information content (AvgIpc) is 2.51. The third kappa shape index (κ3) is 7.57. The van der Waals surface area contributed by atoms with E-state index in [4.69, 9.17) is 9.47 Å². The molecule has 0 aliphatic rings. The van der Waals surface area contributed by atoms with Crippen LogP contribution in [0.25, 0.3) is 0 Å². The molecule has 0 aliphatic carbocycles. The average molecular weight is 298 g/mol. The molecule has 0 radical (unpaired) electrons. The van der Waals surface area contributed by atoms with Crippen LogP contribution >= 0.6 is 0 Å². The maximum atomic E-state index is 13.4. The highest BCUT2D eigenvalue weighted by atomic mass is 19.1. The van der Waals surface area contributed by atoms with E-state index in [1.807, 2.05) is 0 Å². The van der Waals surface area contributed by atoms with Crippen LogP contribution in [-0.4, -0.2) is 51.5 Å². The summed E-state index contributed by atoms with van der Waals surface area (Å²) in [5.74, 6) is 0.281. The Kier molecular flexibility index (Phi) is 9.06. The Morgan fingerprint density at radius 2 is 2.19 bits per heavy atom. The van der Waals surface area contributed by atoms with Crippen molar-refractivity contribution < 1.29 is 13.9 Å². The first-order chi connectivity index (χ1) is 10.3. The zero-order valence-electron chi connectivity index (χ0n) is 12.6. The molecular formula is C14H23FN4O2. The van der Waals surface area contributed by atoms with Crippen LogP contribution in [0.5, 0.6) is 0 Å². The van der Waals surface area contributed by atoms with Gasteiger partial charge in [-0.2, -0.15) is 0 Å². The van der Waals surface area contributed by atoms with Crippen LogP contribution < -0.4 is 10.6 Å². The van der Waals surface area contributed by atoms with Crippen molar-refractivity contribution in [2.45, 2.75) is 13.0 Å². The number of pyridine rings is 1. The lowest BCUT2D eigenvalue weighted by atomic mass is 10.3. The molecule has 118 valence electrons. The number of nitrogens with one attached hydrogen (secondary N) is 2. The molecule has 21 heavy (non-hydrogen) atoms. The normalized spacial score (nSPS) is 11.5. The second-order valence-corrected chi connectivity index (χ2v) is 4.24. The van der Waals surface area contributed by atoms with Gasteiger partial charge in [-0.25, -0.2) is 4.39 Å². The summed E-state index contributed by atoms with van der Waals surface area (Å²) in [5, 5.41) is 6.14. The van der Waals surface area contributed by atoms with E-state index in [9.17, 15) is 4.39 Å². The van der Waals surface area contributed by atoms with Gasteiger partial charge in [-0.05, 0) is 18.6 Å². The number of nitrogens with zero attached hydrogens (tertiary/aromatic N) is 2. The highest BCUT2D eigenvalue weighted by Crippen LogP contribution is 2.01. The molecule has 1 aromatic rings. The first kappa shape index (κ1) is 17.3. The summed E-state index contributed by atoms with van der Waals surface area (Å²) in [6, 6.07) is 2.95. The Labute approximate surface area is 124 Å². The van der Waals surface area contributed by atoms with Gasteiger partial charge in [0.25, 0.3) is 0 Å². The number of hydrogen-bond acceptors (Lipinski definition) is 4. The van der Waals surface area contributed by atoms with Crippen molar-refractivity contribution in [3.63, 3.8) is 0 Å². The number of ether oxygens (including phenoxy) is 2. The van der Waals surface area contributed by atoms with Gasteiger partial charge < -0.3 is 20.1 Å². The van der Waals surface area contributed by atoms with Gasteiger partial charge in [0.2, 0.25) is 0 Å². The predicted octanol–water partition coefficient (Wildman–Crippen LogP) is 0.939. The van der Waals surface area contributed by atoms with Crippen LogP contribution in [0.4, 0.5) is 4.39 Å². The molecule has 2 N–H and O–H groups in total. The molecule has 0 fully saturated rings. The third-order valence-corrected chi connectivity index (χ3v) is 2.67. The Bertz CT molecular complexity index is 429. The topological polar surface area (TPSA) is 67.8 Å². The van der Waals surface area contributed by atoms with Gasteiger partial charge in [0.15, 0.2) is 5.96 Å². The first-order valence-electron chi connectivity index (χ1n) is 6.88. The number of aromatic nitrogens is 1. The molecule has 0 spiro atoms. The Morgan fingerprint density at radius 1 is 1.33 bits per heavy atom. The first-order valence-corrected chi connectivity index (χ1v) is 6.88. The Hall–Kier alpha value is -1.73. The molecule has 0 aliphatic heterocycles. The lowest BCUT2D eigenvalue weighted by molar-refractivity contribution is 0.0698. The van der Waals surface area contributed by atoms with E-state index in [2.05, 4.69) is 20.6 Å². The number of aliphatic imine (C=N–C) groups is 1. The maximum absolute atomic E-state index is 13.4. The van der Waals surface area contributed by atoms with Crippen molar-refractivity contribution >= 4 is 5.96 Å². The second-order valence-electron chi connectivity index (χ2n) is 4.24. The van der Waals surface area contributed by atoms with Gasteiger partial charge in [0, 0.05) is 33.5 Å². The van der Waals surface area contributed by atoms with Crippen LogP contribution in [-0.2, 0) is 16.0 Å². The zero-order chi connectivity index (χ0) is 15.3. The number of rotatable bonds is 9. The van der Waals surface area contributed by atoms with Crippen molar-refractivity contribution in [1.29, 1.82) is 0 Å². The molecule has 6 nitrogen and oxygen atoms in total. The summed E-state index contributed by atoms with van der Waals surface area (Å²) < 4.78 is 23.6. The second kappa shape index (κ2) is 11.0. The van der Waals surface area contributed by atoms with Crippen LogP contribution in [0.2, 0.25) is 0 Å². The van der Waals surface area contributed by atoms with E-state index < -0.39 is 0 Å². The van der Waals surface area contributed by atoms with Crippen LogP contribution in [0.15, 0.2) is 23.3 Å². The zero-order valence-corrected chi connectivity index (χ0v) is 12.6. The quantitative estimate of drug-likeness (QED) is 0.403. The number of guanidine groups is 1. The van der Waals surface area contributed by atoms with E-state index in [-0.39, 0.29) is 12.4 Å². The van der Waals surface area contributed by atoms with E-state index in [1.165, 1.54) is 6.07 Å². The summed E-state index contributed by atoms with van der Waals surface area (Å²) in [7, 11) is 3.31. The van der Waals surface area contributed by atoms with Crippen molar-refractivity contribution in [3.8, 4) is 0 Å². The SMILES string of the molecule is CN=C(NCCCOCCOC)NCc1ncccc1F. The van der Waals surface area contributed by atoms with Crippen molar-refractivity contribution in [3.05, 3.63) is 29.8 Å². The molecule has 0 amide bonds. The summed E-state index contributed by atoms with van der Waals surface area (Å²) in [4.78, 5) is 8.03. The predicted molar refractivity (Wildman–Crippen MR) is 79.7 cm³/mol. The van der Waals surface area contributed by atoms with Gasteiger partial charge >= 0.3 is 0 Å². The Balaban J connectivity index is 2.16.